The number of hydrogen-bond donors (Lipinski definition) is 7. The fraction of sp³-hybridized carbons (Fsp3) is 0.400. The maximum atomic E-state index is 14.0. The molecule has 0 radical (unpaired) electrons. The van der Waals surface area contributed by atoms with E-state index in [1.165, 1.54) is 4.90 Å². The van der Waals surface area contributed by atoms with Crippen LogP contribution in [-0.2, 0) is 56.0 Å². The number of nitrogens with zero attached hydrogens (tertiary/aromatic N) is 2. The van der Waals surface area contributed by atoms with Crippen molar-refractivity contribution in [1.29, 1.82) is 0 Å². The summed E-state index contributed by atoms with van der Waals surface area (Å²) in [4.78, 5) is 72.6. The number of anilines is 2. The molecular weight excluding hydrogens is 1020 g/mol. The number of carbonyl (C=O) groups is 5. The Hall–Kier alpha value is -7.28. The Morgan fingerprint density at radius 3 is 2.15 bits per heavy atom. The highest BCUT2D eigenvalue weighted by atomic mass is 32.1. The molecule has 7 rings (SSSR count). The van der Waals surface area contributed by atoms with E-state index in [0.717, 1.165) is 44.1 Å². The van der Waals surface area contributed by atoms with Gasteiger partial charge in [0, 0.05) is 68.3 Å². The van der Waals surface area contributed by atoms with Crippen molar-refractivity contribution in [3.63, 3.8) is 0 Å². The minimum Gasteiger partial charge on any atom is -0.391 e. The smallest absolute Gasteiger partial charge is 0.296 e. The third-order valence-electron chi connectivity index (χ3n) is 13.0. The van der Waals surface area contributed by atoms with Gasteiger partial charge in [-0.3, -0.25) is 24.0 Å². The van der Waals surface area contributed by atoms with Crippen LogP contribution in [0.15, 0.2) is 103 Å². The molecule has 418 valence electrons. The number of thiazole rings is 1. The molecule has 4 aromatic carbocycles. The molecule has 0 bridgehead atoms. The van der Waals surface area contributed by atoms with Crippen molar-refractivity contribution in [1.82, 2.24) is 31.2 Å². The minimum absolute atomic E-state index is 0.00858. The monoisotopic (exact) mass is 1100 g/mol. The molecule has 5 amide bonds. The molecule has 3 heterocycles. The summed E-state index contributed by atoms with van der Waals surface area (Å²) in [6, 6.07) is 29.2. The number of aliphatic hydroxyl groups is 1. The number of benzene rings is 4. The van der Waals surface area contributed by atoms with E-state index in [2.05, 4.69) is 48.7 Å². The number of ether oxygens (including phenoxy) is 4. The number of carbonyl (C=O) groups excluding carboxylic acids is 5. The van der Waals surface area contributed by atoms with Crippen molar-refractivity contribution in [3.8, 4) is 22.3 Å². The number of fused-ring (bicyclic) bond motifs is 1. The second-order valence-corrected chi connectivity index (χ2v) is 20.9. The second kappa shape index (κ2) is 29.6. The van der Waals surface area contributed by atoms with Gasteiger partial charge in [0.25, 0.3) is 11.8 Å². The lowest BCUT2D eigenvalue weighted by molar-refractivity contribution is -0.144. The number of β-amino-alcohol motifs (C(OH)–C–C–N with tert-alkyl or cyclic N) is 1. The lowest BCUT2D eigenvalue weighted by atomic mass is 9.85. The SMILES string of the molecule is CCNC(=O)C#Cc1ccc2c(c1)NC(=O)/C2=C(\Nc1ccc(CNCCOCCOCCOCCOCCC(=O)N[C@H](C(=O)N2C[C@H](O)C[C@H]2C(=O)NCc2ccc(-c3scnc3C)cc2)C(C)(C)C)cc1)c1ccccc1. The third-order valence-corrected chi connectivity index (χ3v) is 14.0. The van der Waals surface area contributed by atoms with Crippen LogP contribution < -0.4 is 31.9 Å². The molecule has 1 aromatic heterocycles. The van der Waals surface area contributed by atoms with Crippen molar-refractivity contribution in [3.05, 3.63) is 136 Å². The fourth-order valence-corrected chi connectivity index (χ4v) is 9.70. The van der Waals surface area contributed by atoms with Crippen molar-refractivity contribution in [2.24, 2.45) is 5.41 Å². The predicted octanol–water partition coefficient (Wildman–Crippen LogP) is 5.89. The molecule has 0 unspecified atom stereocenters. The van der Waals surface area contributed by atoms with Crippen LogP contribution in [0.3, 0.4) is 0 Å². The Morgan fingerprint density at radius 2 is 1.49 bits per heavy atom. The first-order valence-corrected chi connectivity index (χ1v) is 27.5. The van der Waals surface area contributed by atoms with Crippen LogP contribution in [0.4, 0.5) is 11.4 Å². The molecule has 18 nitrogen and oxygen atoms in total. The number of rotatable bonds is 27. The first-order chi connectivity index (χ1) is 38.2. The summed E-state index contributed by atoms with van der Waals surface area (Å²) >= 11 is 1.57. The van der Waals surface area contributed by atoms with Crippen molar-refractivity contribution in [2.45, 2.75) is 78.7 Å². The van der Waals surface area contributed by atoms with Gasteiger partial charge in [-0.25, -0.2) is 4.98 Å². The van der Waals surface area contributed by atoms with Gasteiger partial charge in [0.05, 0.1) is 92.0 Å². The fourth-order valence-electron chi connectivity index (χ4n) is 8.88. The van der Waals surface area contributed by atoms with E-state index in [-0.39, 0.29) is 62.8 Å². The van der Waals surface area contributed by atoms with Crippen molar-refractivity contribution < 1.29 is 48.0 Å². The normalized spacial score (nSPS) is 15.8. The van der Waals surface area contributed by atoms with Crippen LogP contribution >= 0.6 is 11.3 Å². The quantitative estimate of drug-likeness (QED) is 0.0185. The molecule has 3 atom stereocenters. The maximum absolute atomic E-state index is 14.0. The molecule has 7 N–H and O–H groups in total. The van der Waals surface area contributed by atoms with E-state index in [9.17, 15) is 29.1 Å². The van der Waals surface area contributed by atoms with E-state index >= 15 is 0 Å². The Kier molecular flexibility index (Phi) is 22.3. The standard InChI is InChI=1S/C60H72N8O10S/c1-6-62-51(70)23-17-41-16-22-48-49(34-41)66-58(73)53(48)54(44-10-8-7-9-11-44)65-46-20-14-42(15-21-46)36-61-25-27-76-29-31-78-33-32-77-30-28-75-26-24-52(71)67-56(60(3,4)5)59(74)68-38-47(69)35-50(68)57(72)63-37-43-12-18-45(19-13-43)55-40(2)64-39-79-55/h7-16,18-22,34,39,47,50,56,61,65,69H,6,24-33,35-38H2,1-5H3,(H,62,70)(H,63,72)(H,66,73)(H,67,71)/b54-53-/t47-,50+,56-/m1/s1. The van der Waals surface area contributed by atoms with Crippen LogP contribution in [0.1, 0.15) is 74.0 Å². The summed E-state index contributed by atoms with van der Waals surface area (Å²) in [5, 5.41) is 28.9. The van der Waals surface area contributed by atoms with Crippen LogP contribution in [0.5, 0.6) is 0 Å². The average Bonchev–Trinajstić information content (AvgIpc) is 4.34. The lowest BCUT2D eigenvalue weighted by Gasteiger charge is -2.35. The summed E-state index contributed by atoms with van der Waals surface area (Å²) in [7, 11) is 0. The van der Waals surface area contributed by atoms with Crippen LogP contribution in [0, 0.1) is 24.2 Å². The number of amides is 5. The zero-order valence-electron chi connectivity index (χ0n) is 45.6. The zero-order valence-corrected chi connectivity index (χ0v) is 46.4. The van der Waals surface area contributed by atoms with Crippen LogP contribution in [0.2, 0.25) is 0 Å². The number of nitrogens with one attached hydrogen (secondary N) is 6. The van der Waals surface area contributed by atoms with Gasteiger partial charge in [0.15, 0.2) is 0 Å². The summed E-state index contributed by atoms with van der Waals surface area (Å²) in [5.74, 6) is 3.69. The Labute approximate surface area is 466 Å². The van der Waals surface area contributed by atoms with E-state index < -0.39 is 29.5 Å². The Balaban J connectivity index is 0.726. The summed E-state index contributed by atoms with van der Waals surface area (Å²) in [6.07, 6.45) is -0.741. The predicted molar refractivity (Wildman–Crippen MR) is 305 cm³/mol. The highest BCUT2D eigenvalue weighted by molar-refractivity contribution is 7.13. The van der Waals surface area contributed by atoms with Crippen molar-refractivity contribution >= 4 is 63.5 Å². The summed E-state index contributed by atoms with van der Waals surface area (Å²) in [5.41, 5.74) is 9.95. The highest BCUT2D eigenvalue weighted by Gasteiger charge is 2.44. The molecule has 2 aliphatic heterocycles. The topological polar surface area (TPSA) is 231 Å². The molecule has 1 saturated heterocycles. The number of hydrogen-bond acceptors (Lipinski definition) is 14. The Morgan fingerprint density at radius 1 is 0.835 bits per heavy atom. The highest BCUT2D eigenvalue weighted by Crippen LogP contribution is 2.38. The molecule has 19 heteroatoms. The first kappa shape index (κ1) is 59.4. The second-order valence-electron chi connectivity index (χ2n) is 20.1. The zero-order chi connectivity index (χ0) is 56.2. The van der Waals surface area contributed by atoms with Gasteiger partial charge in [-0.1, -0.05) is 99.5 Å². The van der Waals surface area contributed by atoms with Gasteiger partial charge in [0.1, 0.15) is 12.1 Å². The van der Waals surface area contributed by atoms with Gasteiger partial charge >= 0.3 is 0 Å². The molecule has 0 aliphatic carbocycles. The maximum Gasteiger partial charge on any atom is 0.296 e. The Bertz CT molecular complexity index is 2950. The number of aryl methyl sites for hydroxylation is 1. The van der Waals surface area contributed by atoms with Crippen molar-refractivity contribution in [2.75, 3.05) is 83.1 Å². The summed E-state index contributed by atoms with van der Waals surface area (Å²) in [6.45, 7) is 14.2. The lowest BCUT2D eigenvalue weighted by Crippen LogP contribution is -2.57. The molecular formula is C60H72N8O10S. The van der Waals surface area contributed by atoms with Crippen LogP contribution in [0.25, 0.3) is 21.7 Å². The van der Waals surface area contributed by atoms with E-state index in [4.69, 9.17) is 18.9 Å². The van der Waals surface area contributed by atoms with Gasteiger partial charge in [-0.05, 0) is 65.8 Å². The first-order valence-electron chi connectivity index (χ1n) is 26.7. The summed E-state index contributed by atoms with van der Waals surface area (Å²) < 4.78 is 22.6. The van der Waals surface area contributed by atoms with Gasteiger partial charge in [-0.2, -0.15) is 0 Å². The molecule has 79 heavy (non-hydrogen) atoms. The minimum atomic E-state index is -0.934. The van der Waals surface area contributed by atoms with Gasteiger partial charge in [0.2, 0.25) is 17.7 Å². The van der Waals surface area contributed by atoms with Gasteiger partial charge < -0.3 is 60.9 Å². The van der Waals surface area contributed by atoms with Gasteiger partial charge in [-0.15, -0.1) is 11.3 Å². The van der Waals surface area contributed by atoms with E-state index in [0.29, 0.717) is 81.8 Å². The molecule has 2 aliphatic rings. The third kappa shape index (κ3) is 17.6. The van der Waals surface area contributed by atoms with E-state index in [1.807, 2.05) is 125 Å². The molecule has 0 saturated carbocycles. The average molecular weight is 1100 g/mol. The largest absolute Gasteiger partial charge is 0.391 e. The molecule has 1 fully saturated rings. The number of aromatic nitrogens is 1. The van der Waals surface area contributed by atoms with E-state index in [1.54, 1.807) is 23.5 Å². The van der Waals surface area contributed by atoms with Crippen LogP contribution in [-0.4, -0.2) is 135 Å². The number of aliphatic hydroxyl groups excluding tert-OH is 1. The molecule has 5 aromatic rings. The number of likely N-dealkylation sites (tertiary alicyclic amines) is 1. The molecule has 0 spiro atoms.